The van der Waals surface area contributed by atoms with Crippen molar-refractivity contribution in [3.8, 4) is 29.1 Å². The minimum absolute atomic E-state index is 0.0602. The Hall–Kier alpha value is -4.28. The second kappa shape index (κ2) is 25.2. The third-order valence-electron chi connectivity index (χ3n) is 11.6. The Morgan fingerprint density at radius 2 is 1.54 bits per heavy atom. The van der Waals surface area contributed by atoms with Crippen molar-refractivity contribution in [2.45, 2.75) is 135 Å². The third kappa shape index (κ3) is 15.2. The van der Waals surface area contributed by atoms with Gasteiger partial charge in [-0.05, 0) is 101 Å². The molecule has 0 aromatic heterocycles. The summed E-state index contributed by atoms with van der Waals surface area (Å²) in [5.74, 6) is 2.03. The molecule has 13 nitrogen and oxygen atoms in total. The number of hydrogen-bond acceptors (Lipinski definition) is 11. The largest absolute Gasteiger partial charge is 0.493 e. The summed E-state index contributed by atoms with van der Waals surface area (Å²) in [4.78, 5) is 30.4. The predicted molar refractivity (Wildman–Crippen MR) is 222 cm³/mol. The number of unbranched alkanes of at least 4 members (excludes halogenated alkanes) is 9. The Kier molecular flexibility index (Phi) is 20.8. The zero-order valence-corrected chi connectivity index (χ0v) is 35.7. The van der Waals surface area contributed by atoms with Crippen LogP contribution >= 0.6 is 0 Å². The van der Waals surface area contributed by atoms with Crippen molar-refractivity contribution in [3.05, 3.63) is 57.6 Å². The molecule has 1 aliphatic rings. The van der Waals surface area contributed by atoms with Gasteiger partial charge in [-0.25, -0.2) is 5.01 Å². The van der Waals surface area contributed by atoms with Gasteiger partial charge in [0.15, 0.2) is 18.1 Å². The number of rotatable bonds is 28. The Labute approximate surface area is 341 Å². The zero-order chi connectivity index (χ0) is 41.6. The Bertz CT molecular complexity index is 1520. The molecule has 1 fully saturated rings. The van der Waals surface area contributed by atoms with Crippen LogP contribution in [0.3, 0.4) is 0 Å². The van der Waals surface area contributed by atoms with Crippen LogP contribution in [0.2, 0.25) is 0 Å². The molecular weight excluding hydrogens is 727 g/mol. The molecule has 3 unspecified atom stereocenters. The molecule has 0 spiro atoms. The van der Waals surface area contributed by atoms with Gasteiger partial charge in [0.1, 0.15) is 11.9 Å². The van der Waals surface area contributed by atoms with Gasteiger partial charge in [-0.2, -0.15) is 5.26 Å². The number of nitriles is 1. The molecule has 57 heavy (non-hydrogen) atoms. The van der Waals surface area contributed by atoms with Crippen molar-refractivity contribution in [1.82, 2.24) is 15.3 Å². The van der Waals surface area contributed by atoms with E-state index in [0.29, 0.717) is 55.4 Å². The smallest absolute Gasteiger partial charge is 0.294 e. The fourth-order valence-corrected chi connectivity index (χ4v) is 7.86. The molecular formula is C44H69N5O8. The van der Waals surface area contributed by atoms with Crippen LogP contribution < -0.4 is 24.4 Å². The quantitative estimate of drug-likeness (QED) is 0.0500. The third-order valence-corrected chi connectivity index (χ3v) is 11.6. The maximum atomic E-state index is 12.7. The lowest BCUT2D eigenvalue weighted by Gasteiger charge is -2.33. The molecule has 3 rings (SSSR count). The first-order valence-electron chi connectivity index (χ1n) is 21.0. The van der Waals surface area contributed by atoms with E-state index in [1.807, 2.05) is 35.3 Å². The van der Waals surface area contributed by atoms with Gasteiger partial charge in [-0.3, -0.25) is 15.1 Å². The molecule has 1 amide bonds. The number of ether oxygens (including phenoxy) is 4. The molecule has 1 saturated heterocycles. The molecule has 318 valence electrons. The van der Waals surface area contributed by atoms with E-state index in [2.05, 4.69) is 43.4 Å². The Morgan fingerprint density at radius 3 is 2.11 bits per heavy atom. The molecule has 0 bridgehead atoms. The number of nitrogens with one attached hydrogen (secondary N) is 1. The highest BCUT2D eigenvalue weighted by atomic mass is 17.0. The molecule has 1 N–H and O–H groups in total. The van der Waals surface area contributed by atoms with Crippen LogP contribution in [0.4, 0.5) is 0 Å². The lowest BCUT2D eigenvalue weighted by molar-refractivity contribution is -0.769. The number of hydrogen-bond donors (Lipinski definition) is 1. The summed E-state index contributed by atoms with van der Waals surface area (Å²) in [7, 11) is 6.90. The van der Waals surface area contributed by atoms with Crippen molar-refractivity contribution in [3.63, 3.8) is 0 Å². The van der Waals surface area contributed by atoms with Crippen molar-refractivity contribution in [2.75, 3.05) is 54.6 Å². The summed E-state index contributed by atoms with van der Waals surface area (Å²) in [6.45, 7) is 7.91. The average Bonchev–Trinajstić information content (AvgIpc) is 3.22. The van der Waals surface area contributed by atoms with Gasteiger partial charge in [0.25, 0.3) is 11.0 Å². The zero-order valence-electron chi connectivity index (χ0n) is 35.7. The van der Waals surface area contributed by atoms with E-state index in [1.54, 1.807) is 28.3 Å². The van der Waals surface area contributed by atoms with Gasteiger partial charge >= 0.3 is 0 Å². The van der Waals surface area contributed by atoms with Crippen molar-refractivity contribution < 1.29 is 33.7 Å². The molecule has 13 heteroatoms. The molecule has 2 aromatic rings. The van der Waals surface area contributed by atoms with E-state index in [1.165, 1.54) is 51.4 Å². The maximum absolute atomic E-state index is 12.7. The summed E-state index contributed by atoms with van der Waals surface area (Å²) in [5.41, 5.74) is 4.12. The van der Waals surface area contributed by atoms with Crippen LogP contribution in [0.1, 0.15) is 134 Å². The number of carbonyl (C=O) groups is 1. The number of nitrogens with zero attached hydrogens (tertiary/aromatic N) is 4. The topological polar surface area (TPSA) is 149 Å². The van der Waals surface area contributed by atoms with Crippen LogP contribution in [0.25, 0.3) is 0 Å². The van der Waals surface area contributed by atoms with Crippen molar-refractivity contribution in [1.29, 1.82) is 5.26 Å². The highest BCUT2D eigenvalue weighted by Gasteiger charge is 2.34. The standard InChI is InChI=1S/C44H69N5O8/c1-8-9-10-11-12-13-14-15-16-17-24-44(33-45,38-30-40(53-5)43(55-7)41(31-38)54-6)25-19-26-47(4)34(2)37-20-18-21-39(29-37)56-32-42(50)46-48-27-22-36(23-28-48)35(3)57-49(51)52/h18,20-21,29-31,34-36H,8-17,19,22-28,32H2,1-7H3,(H,46,50). The van der Waals surface area contributed by atoms with Gasteiger partial charge in [0.05, 0.1) is 32.8 Å². The van der Waals surface area contributed by atoms with Crippen LogP contribution in [-0.4, -0.2) is 81.6 Å². The first kappa shape index (κ1) is 47.1. The minimum Gasteiger partial charge on any atom is -0.493 e. The van der Waals surface area contributed by atoms with E-state index < -0.39 is 16.6 Å². The molecule has 3 atom stereocenters. The number of piperidine rings is 1. The summed E-state index contributed by atoms with van der Waals surface area (Å²) in [5, 5.41) is 22.7. The lowest BCUT2D eigenvalue weighted by atomic mass is 9.73. The number of benzene rings is 2. The van der Waals surface area contributed by atoms with Crippen molar-refractivity contribution >= 4 is 5.91 Å². The van der Waals surface area contributed by atoms with Crippen LogP contribution in [0.15, 0.2) is 36.4 Å². The van der Waals surface area contributed by atoms with Crippen LogP contribution in [0, 0.1) is 27.4 Å². The van der Waals surface area contributed by atoms with E-state index >= 15 is 0 Å². The molecule has 1 aliphatic heterocycles. The maximum Gasteiger partial charge on any atom is 0.294 e. The highest BCUT2D eigenvalue weighted by molar-refractivity contribution is 5.77. The summed E-state index contributed by atoms with van der Waals surface area (Å²) >= 11 is 0. The predicted octanol–water partition coefficient (Wildman–Crippen LogP) is 8.98. The molecule has 0 aliphatic carbocycles. The second-order valence-electron chi connectivity index (χ2n) is 15.6. The number of carbonyl (C=O) groups excluding carboxylic acids is 1. The first-order valence-corrected chi connectivity index (χ1v) is 21.0. The van der Waals surface area contributed by atoms with Crippen LogP contribution in [0.5, 0.6) is 23.0 Å². The Morgan fingerprint density at radius 1 is 0.947 bits per heavy atom. The van der Waals surface area contributed by atoms with Gasteiger partial charge in [0, 0.05) is 19.1 Å². The lowest BCUT2D eigenvalue weighted by Crippen LogP contribution is -2.49. The van der Waals surface area contributed by atoms with E-state index in [-0.39, 0.29) is 24.5 Å². The van der Waals surface area contributed by atoms with Crippen LogP contribution in [-0.2, 0) is 15.0 Å². The van der Waals surface area contributed by atoms with E-state index in [9.17, 15) is 20.2 Å². The normalized spacial score (nSPS) is 15.6. The Balaban J connectivity index is 1.58. The first-order chi connectivity index (χ1) is 27.5. The fraction of sp³-hybridized carbons (Fsp3) is 0.682. The average molecular weight is 796 g/mol. The molecule has 1 heterocycles. The van der Waals surface area contributed by atoms with Gasteiger partial charge in [0.2, 0.25) is 5.75 Å². The summed E-state index contributed by atoms with van der Waals surface area (Å²) < 4.78 is 22.9. The molecule has 0 radical (unpaired) electrons. The minimum atomic E-state index is -0.745. The summed E-state index contributed by atoms with van der Waals surface area (Å²) in [6.07, 6.45) is 15.5. The van der Waals surface area contributed by atoms with Crippen molar-refractivity contribution in [2.24, 2.45) is 5.92 Å². The number of amides is 1. The van der Waals surface area contributed by atoms with Gasteiger partial charge in [-0.15, -0.1) is 10.1 Å². The van der Waals surface area contributed by atoms with Gasteiger partial charge in [-0.1, -0.05) is 83.3 Å². The number of hydrazine groups is 1. The molecule has 0 saturated carbocycles. The summed E-state index contributed by atoms with van der Waals surface area (Å²) in [6, 6.07) is 14.5. The monoisotopic (exact) mass is 796 g/mol. The SMILES string of the molecule is CCCCCCCCCCCCC(C#N)(CCCN(C)C(C)c1cccc(OCC(=O)NN2CCC(C(C)O[N+](=O)[O-])CC2)c1)c1cc(OC)c(OC)c(OC)c1. The second-order valence-corrected chi connectivity index (χ2v) is 15.6. The van der Waals surface area contributed by atoms with E-state index in [4.69, 9.17) is 23.8 Å². The van der Waals surface area contributed by atoms with Gasteiger partial charge < -0.3 is 23.8 Å². The molecule has 2 aromatic carbocycles. The number of methoxy groups -OCH3 is 3. The fourth-order valence-electron chi connectivity index (χ4n) is 7.86. The highest BCUT2D eigenvalue weighted by Crippen LogP contribution is 2.44. The van der Waals surface area contributed by atoms with E-state index in [0.717, 1.165) is 43.4 Å².